The third-order valence-electron chi connectivity index (χ3n) is 5.27. The molecule has 29 heavy (non-hydrogen) atoms. The minimum atomic E-state index is -0.612. The van der Waals surface area contributed by atoms with Crippen molar-refractivity contribution in [2.75, 3.05) is 0 Å². The van der Waals surface area contributed by atoms with E-state index in [0.717, 1.165) is 21.9 Å². The Kier molecular flexibility index (Phi) is 6.32. The van der Waals surface area contributed by atoms with Crippen LogP contribution in [0, 0.1) is 12.8 Å². The number of hydrogen-bond acceptors (Lipinski definition) is 2. The van der Waals surface area contributed by atoms with Gasteiger partial charge in [-0.25, -0.2) is 0 Å². The van der Waals surface area contributed by atoms with Crippen LogP contribution < -0.4 is 10.6 Å². The first-order valence-corrected chi connectivity index (χ1v) is 10.0. The number of amides is 2. The number of aryl methyl sites for hydroxylation is 1. The molecule has 3 aromatic carbocycles. The summed E-state index contributed by atoms with van der Waals surface area (Å²) in [6.45, 7) is 7.73. The molecule has 2 atom stereocenters. The number of fused-ring (bicyclic) bond motifs is 1. The van der Waals surface area contributed by atoms with Crippen LogP contribution >= 0.6 is 0 Å². The normalized spacial score (nSPS) is 13.1. The molecule has 0 radical (unpaired) electrons. The van der Waals surface area contributed by atoms with Crippen LogP contribution in [-0.4, -0.2) is 17.9 Å². The van der Waals surface area contributed by atoms with Gasteiger partial charge in [-0.2, -0.15) is 0 Å². The van der Waals surface area contributed by atoms with E-state index in [2.05, 4.69) is 28.8 Å². The Labute approximate surface area is 172 Å². The number of hydrogen-bond donors (Lipinski definition) is 2. The van der Waals surface area contributed by atoms with Gasteiger partial charge in [0.1, 0.15) is 6.04 Å². The summed E-state index contributed by atoms with van der Waals surface area (Å²) in [4.78, 5) is 25.8. The fourth-order valence-corrected chi connectivity index (χ4v) is 3.59. The van der Waals surface area contributed by atoms with Gasteiger partial charge in [0.25, 0.3) is 5.91 Å². The van der Waals surface area contributed by atoms with Gasteiger partial charge in [0.2, 0.25) is 5.91 Å². The molecule has 0 spiro atoms. The minimum absolute atomic E-state index is 0.0392. The van der Waals surface area contributed by atoms with Crippen LogP contribution in [-0.2, 0) is 4.79 Å². The van der Waals surface area contributed by atoms with Crippen molar-refractivity contribution in [1.29, 1.82) is 0 Å². The van der Waals surface area contributed by atoms with Crippen molar-refractivity contribution in [2.24, 2.45) is 5.92 Å². The lowest BCUT2D eigenvalue weighted by Gasteiger charge is -2.25. The highest BCUT2D eigenvalue weighted by molar-refractivity contribution is 5.98. The predicted octanol–water partition coefficient (Wildman–Crippen LogP) is 4.78. The zero-order chi connectivity index (χ0) is 21.0. The molecule has 4 nitrogen and oxygen atoms in total. The molecule has 150 valence electrons. The third-order valence-corrected chi connectivity index (χ3v) is 5.27. The molecule has 0 aliphatic carbocycles. The van der Waals surface area contributed by atoms with E-state index in [9.17, 15) is 9.59 Å². The minimum Gasteiger partial charge on any atom is -0.348 e. The summed E-state index contributed by atoms with van der Waals surface area (Å²) in [6, 6.07) is 20.8. The van der Waals surface area contributed by atoms with E-state index in [1.54, 1.807) is 6.07 Å². The Morgan fingerprint density at radius 1 is 0.793 bits per heavy atom. The number of carbonyl (C=O) groups excluding carboxylic acids is 2. The molecule has 3 rings (SSSR count). The van der Waals surface area contributed by atoms with Gasteiger partial charge in [-0.15, -0.1) is 0 Å². The fraction of sp³-hybridized carbons (Fsp3) is 0.280. The van der Waals surface area contributed by atoms with Crippen molar-refractivity contribution in [3.05, 3.63) is 83.4 Å². The first-order valence-electron chi connectivity index (χ1n) is 10.0. The van der Waals surface area contributed by atoms with Gasteiger partial charge >= 0.3 is 0 Å². The van der Waals surface area contributed by atoms with Crippen LogP contribution in [0.3, 0.4) is 0 Å². The van der Waals surface area contributed by atoms with Gasteiger partial charge in [0, 0.05) is 5.56 Å². The highest BCUT2D eigenvalue weighted by atomic mass is 16.2. The summed E-state index contributed by atoms with van der Waals surface area (Å²) >= 11 is 0. The highest BCUT2D eigenvalue weighted by Gasteiger charge is 2.26. The maximum atomic E-state index is 13.0. The van der Waals surface area contributed by atoms with Crippen molar-refractivity contribution >= 4 is 22.6 Å². The van der Waals surface area contributed by atoms with E-state index in [1.807, 2.05) is 70.2 Å². The van der Waals surface area contributed by atoms with Crippen molar-refractivity contribution in [1.82, 2.24) is 10.6 Å². The van der Waals surface area contributed by atoms with E-state index >= 15 is 0 Å². The van der Waals surface area contributed by atoms with Crippen molar-refractivity contribution in [2.45, 2.75) is 39.8 Å². The summed E-state index contributed by atoms with van der Waals surface area (Å²) in [5.74, 6) is -0.445. The average molecular weight is 389 g/mol. The van der Waals surface area contributed by atoms with Crippen LogP contribution in [0.25, 0.3) is 10.8 Å². The Morgan fingerprint density at radius 2 is 1.45 bits per heavy atom. The van der Waals surface area contributed by atoms with Gasteiger partial charge in [-0.05, 0) is 47.7 Å². The first-order chi connectivity index (χ1) is 13.9. The largest absolute Gasteiger partial charge is 0.348 e. The van der Waals surface area contributed by atoms with E-state index in [1.165, 1.54) is 0 Å². The zero-order valence-electron chi connectivity index (χ0n) is 17.4. The Hall–Kier alpha value is -3.14. The quantitative estimate of drug-likeness (QED) is 0.638. The molecule has 0 aromatic heterocycles. The zero-order valence-corrected chi connectivity index (χ0v) is 17.4. The topological polar surface area (TPSA) is 58.2 Å². The van der Waals surface area contributed by atoms with E-state index in [-0.39, 0.29) is 23.8 Å². The maximum absolute atomic E-state index is 13.0. The molecule has 0 aliphatic heterocycles. The Bertz CT molecular complexity index is 1020. The van der Waals surface area contributed by atoms with E-state index in [4.69, 9.17) is 0 Å². The van der Waals surface area contributed by atoms with Crippen LogP contribution in [0.2, 0.25) is 0 Å². The molecule has 0 aliphatic rings. The molecule has 0 fully saturated rings. The highest BCUT2D eigenvalue weighted by Crippen LogP contribution is 2.24. The number of nitrogens with one attached hydrogen (secondary N) is 2. The average Bonchev–Trinajstić information content (AvgIpc) is 2.71. The Morgan fingerprint density at radius 3 is 2.17 bits per heavy atom. The van der Waals surface area contributed by atoms with Crippen molar-refractivity contribution in [3.8, 4) is 0 Å². The monoisotopic (exact) mass is 388 g/mol. The second-order valence-corrected chi connectivity index (χ2v) is 7.81. The number of carbonyl (C=O) groups is 2. The van der Waals surface area contributed by atoms with Crippen molar-refractivity contribution < 1.29 is 9.59 Å². The van der Waals surface area contributed by atoms with Crippen LogP contribution in [0.4, 0.5) is 0 Å². The number of benzene rings is 3. The summed E-state index contributed by atoms with van der Waals surface area (Å²) in [7, 11) is 0. The summed E-state index contributed by atoms with van der Waals surface area (Å²) in [5.41, 5.74) is 2.54. The smallest absolute Gasteiger partial charge is 0.252 e. The van der Waals surface area contributed by atoms with Gasteiger partial charge in [0.15, 0.2) is 0 Å². The third kappa shape index (κ3) is 4.65. The van der Waals surface area contributed by atoms with Crippen molar-refractivity contribution in [3.63, 3.8) is 0 Å². The van der Waals surface area contributed by atoms with E-state index in [0.29, 0.717) is 5.56 Å². The molecule has 2 amide bonds. The molecule has 0 bridgehead atoms. The predicted molar refractivity (Wildman–Crippen MR) is 118 cm³/mol. The lowest BCUT2D eigenvalue weighted by molar-refractivity contribution is -0.124. The molecular formula is C25H28N2O2. The van der Waals surface area contributed by atoms with Crippen LogP contribution in [0.5, 0.6) is 0 Å². The lowest BCUT2D eigenvalue weighted by atomic mass is 9.98. The first kappa shape index (κ1) is 20.6. The summed E-state index contributed by atoms with van der Waals surface area (Å²) in [6.07, 6.45) is 0. The standard InChI is InChI=1S/C25H28N2O2/c1-16(2)23(27-24(28)20-13-7-5-10-17(20)3)25(29)26-18(4)21-15-9-12-19-11-6-8-14-22(19)21/h5-16,18,23H,1-4H3,(H,26,29)(H,27,28). The molecule has 2 unspecified atom stereocenters. The SMILES string of the molecule is Cc1ccccc1C(=O)NC(C(=O)NC(C)c1cccc2ccccc12)C(C)C. The van der Waals surface area contributed by atoms with E-state index < -0.39 is 6.04 Å². The lowest BCUT2D eigenvalue weighted by Crippen LogP contribution is -2.50. The molecule has 0 heterocycles. The summed E-state index contributed by atoms with van der Waals surface area (Å²) in [5, 5.41) is 8.26. The van der Waals surface area contributed by atoms with Gasteiger partial charge in [-0.3, -0.25) is 9.59 Å². The second kappa shape index (κ2) is 8.91. The number of rotatable bonds is 6. The molecule has 0 saturated carbocycles. The second-order valence-electron chi connectivity index (χ2n) is 7.81. The van der Waals surface area contributed by atoms with Crippen LogP contribution in [0.1, 0.15) is 48.3 Å². The fourth-order valence-electron chi connectivity index (χ4n) is 3.59. The molecule has 4 heteroatoms. The molecule has 3 aromatic rings. The molecular weight excluding hydrogens is 360 g/mol. The molecule has 0 saturated heterocycles. The van der Waals surface area contributed by atoms with Crippen LogP contribution in [0.15, 0.2) is 66.7 Å². The molecule has 2 N–H and O–H groups in total. The Balaban J connectivity index is 1.77. The van der Waals surface area contributed by atoms with Gasteiger partial charge in [0.05, 0.1) is 6.04 Å². The maximum Gasteiger partial charge on any atom is 0.252 e. The van der Waals surface area contributed by atoms with Gasteiger partial charge in [-0.1, -0.05) is 74.5 Å². The van der Waals surface area contributed by atoms with Gasteiger partial charge < -0.3 is 10.6 Å². The summed E-state index contributed by atoms with van der Waals surface area (Å²) < 4.78 is 0.